The molecule has 15 heteroatoms. The summed E-state index contributed by atoms with van der Waals surface area (Å²) in [7, 11) is 1.55. The molecule has 0 aliphatic rings. The van der Waals surface area contributed by atoms with E-state index in [1.165, 1.54) is 0 Å². The van der Waals surface area contributed by atoms with Gasteiger partial charge in [0.15, 0.2) is 0 Å². The van der Waals surface area contributed by atoms with E-state index in [0.717, 1.165) is 0 Å². The van der Waals surface area contributed by atoms with E-state index >= 15 is 0 Å². The Bertz CT molecular complexity index is 157. The van der Waals surface area contributed by atoms with Gasteiger partial charge in [0.2, 0.25) is 0 Å². The smallest absolute Gasteiger partial charge is 0.394 e. The molecular formula is C3H8BiN3O11. The van der Waals surface area contributed by atoms with E-state index in [2.05, 4.69) is 4.74 Å². The normalized spacial score (nSPS) is 6.33. The molecule has 0 aromatic heterocycles. The van der Waals surface area contributed by atoms with Crippen molar-refractivity contribution in [2.75, 3.05) is 20.3 Å². The standard InChI is InChI=1S/C3H8O2.Bi.3NO3/c1-5-3-2-4;;3*2-1(3)4/h4H,2-3H2,1H3;;;;/q;+3;3*-1. The molecule has 0 aliphatic heterocycles. The van der Waals surface area contributed by atoms with Crippen LogP contribution in [0.15, 0.2) is 0 Å². The van der Waals surface area contributed by atoms with Crippen LogP contribution in [-0.2, 0) is 4.74 Å². The third-order valence-electron chi connectivity index (χ3n) is 0.295. The first-order valence-corrected chi connectivity index (χ1v) is 3.16. The molecule has 0 aliphatic carbocycles. The molecule has 0 saturated carbocycles. The van der Waals surface area contributed by atoms with E-state index in [4.69, 9.17) is 51.1 Å². The van der Waals surface area contributed by atoms with Gasteiger partial charge >= 0.3 is 26.2 Å². The zero-order valence-corrected chi connectivity index (χ0v) is 12.2. The number of ether oxygens (including phenoxy) is 1. The first kappa shape index (κ1) is 29.9. The monoisotopic (exact) mass is 471 g/mol. The van der Waals surface area contributed by atoms with Crippen LogP contribution in [0.2, 0.25) is 0 Å². The van der Waals surface area contributed by atoms with Crippen molar-refractivity contribution in [1.29, 1.82) is 0 Å². The van der Waals surface area contributed by atoms with Gasteiger partial charge in [0.05, 0.1) is 28.5 Å². The van der Waals surface area contributed by atoms with E-state index < -0.39 is 15.3 Å². The Morgan fingerprint density at radius 1 is 0.889 bits per heavy atom. The summed E-state index contributed by atoms with van der Waals surface area (Å²) < 4.78 is 4.44. The van der Waals surface area contributed by atoms with Gasteiger partial charge in [0.1, 0.15) is 0 Å². The van der Waals surface area contributed by atoms with Crippen molar-refractivity contribution in [3.63, 3.8) is 0 Å². The summed E-state index contributed by atoms with van der Waals surface area (Å²) in [5, 5.41) is 52.2. The minimum absolute atomic E-state index is 0. The fraction of sp³-hybridized carbons (Fsp3) is 1.00. The van der Waals surface area contributed by atoms with Crippen LogP contribution in [0.5, 0.6) is 0 Å². The molecule has 18 heavy (non-hydrogen) atoms. The van der Waals surface area contributed by atoms with Crippen LogP contribution >= 0.6 is 0 Å². The average Bonchev–Trinajstić information content (AvgIpc) is 2.01. The summed E-state index contributed by atoms with van der Waals surface area (Å²) in [5.74, 6) is 0. The number of hydrogen-bond donors (Lipinski definition) is 1. The molecule has 0 heterocycles. The topological polar surface area (TPSA) is 228 Å². The zero-order valence-electron chi connectivity index (χ0n) is 8.73. The van der Waals surface area contributed by atoms with Crippen LogP contribution in [0, 0.1) is 46.0 Å². The molecule has 0 amide bonds. The van der Waals surface area contributed by atoms with Gasteiger partial charge in [-0.3, -0.25) is 0 Å². The zero-order chi connectivity index (χ0) is 14.9. The number of hydrogen-bond acceptors (Lipinski definition) is 11. The fourth-order valence-electron chi connectivity index (χ4n) is 0.0913. The molecule has 0 unspecified atom stereocenters. The first-order chi connectivity index (χ1) is 7.61. The maximum absolute atomic E-state index is 8.25. The number of aliphatic hydroxyl groups excluding tert-OH is 1. The van der Waals surface area contributed by atoms with Gasteiger partial charge in [-0.15, -0.1) is 0 Å². The van der Waals surface area contributed by atoms with Crippen LogP contribution < -0.4 is 0 Å². The van der Waals surface area contributed by atoms with Crippen LogP contribution in [0.3, 0.4) is 0 Å². The molecule has 0 bridgehead atoms. The quantitative estimate of drug-likeness (QED) is 0.278. The van der Waals surface area contributed by atoms with Crippen LogP contribution in [0.25, 0.3) is 0 Å². The molecule has 0 spiro atoms. The number of methoxy groups -OCH3 is 1. The van der Waals surface area contributed by atoms with Crippen molar-refractivity contribution in [2.45, 2.75) is 0 Å². The largest absolute Gasteiger partial charge is 3.00 e. The van der Waals surface area contributed by atoms with E-state index in [-0.39, 0.29) is 32.8 Å². The van der Waals surface area contributed by atoms with E-state index in [1.807, 2.05) is 0 Å². The third-order valence-corrected chi connectivity index (χ3v) is 0.295. The molecule has 2 radical (unpaired) electrons. The molecule has 14 nitrogen and oxygen atoms in total. The molecule has 0 saturated heterocycles. The van der Waals surface area contributed by atoms with Crippen molar-refractivity contribution in [3.8, 4) is 0 Å². The van der Waals surface area contributed by atoms with Gasteiger partial charge in [-0.25, -0.2) is 0 Å². The average molecular weight is 471 g/mol. The third kappa shape index (κ3) is 15900. The molecule has 0 atom stereocenters. The van der Waals surface area contributed by atoms with Crippen molar-refractivity contribution in [2.24, 2.45) is 0 Å². The summed E-state index contributed by atoms with van der Waals surface area (Å²) in [4.78, 5) is 24.8. The summed E-state index contributed by atoms with van der Waals surface area (Å²) >= 11 is 0. The summed E-state index contributed by atoms with van der Waals surface area (Å²) in [5.41, 5.74) is 0. The SMILES string of the molecule is COCCO.O=[N+]([O-])[O-].O=[N+]([O-])[O-].O=[N+]([O-])[O-].[Bi+3]. The summed E-state index contributed by atoms with van der Waals surface area (Å²) in [6, 6.07) is 0. The molecule has 0 fully saturated rings. The first-order valence-electron chi connectivity index (χ1n) is 3.16. The summed E-state index contributed by atoms with van der Waals surface area (Å²) in [6.07, 6.45) is 0. The summed E-state index contributed by atoms with van der Waals surface area (Å²) in [6.45, 7) is 0.566. The van der Waals surface area contributed by atoms with Gasteiger partial charge in [0.25, 0.3) is 0 Å². The fourth-order valence-corrected chi connectivity index (χ4v) is 0.0913. The number of aliphatic hydroxyl groups is 1. The van der Waals surface area contributed by atoms with Gasteiger partial charge in [0, 0.05) is 7.11 Å². The Kier molecular flexibility index (Phi) is 49.1. The number of rotatable bonds is 2. The van der Waals surface area contributed by atoms with Crippen LogP contribution in [-0.4, -0.2) is 66.9 Å². The maximum atomic E-state index is 8.25. The molecule has 0 aromatic rings. The van der Waals surface area contributed by atoms with Gasteiger partial charge in [-0.2, -0.15) is 0 Å². The predicted molar refractivity (Wildman–Crippen MR) is 55.8 cm³/mol. The van der Waals surface area contributed by atoms with Crippen molar-refractivity contribution >= 4 is 26.2 Å². The van der Waals surface area contributed by atoms with Crippen LogP contribution in [0.4, 0.5) is 0 Å². The number of nitrogens with zero attached hydrogens (tertiary/aromatic N) is 3. The molecule has 1 N–H and O–H groups in total. The second-order valence-electron chi connectivity index (χ2n) is 1.39. The van der Waals surface area contributed by atoms with Crippen molar-refractivity contribution < 1.29 is 25.1 Å². The van der Waals surface area contributed by atoms with E-state index in [9.17, 15) is 0 Å². The predicted octanol–water partition coefficient (Wildman–Crippen LogP) is -1.47. The molecule has 0 aromatic carbocycles. The Morgan fingerprint density at radius 2 is 1.06 bits per heavy atom. The Hall–Kier alpha value is -1.60. The minimum atomic E-state index is -1.75. The van der Waals surface area contributed by atoms with Crippen molar-refractivity contribution in [1.82, 2.24) is 0 Å². The Morgan fingerprint density at radius 3 is 1.06 bits per heavy atom. The van der Waals surface area contributed by atoms with Crippen LogP contribution in [0.1, 0.15) is 0 Å². The molecule has 0 rings (SSSR count). The van der Waals surface area contributed by atoms with Gasteiger partial charge in [-0.1, -0.05) is 0 Å². The molecular weight excluding hydrogens is 463 g/mol. The Labute approximate surface area is 118 Å². The van der Waals surface area contributed by atoms with Gasteiger partial charge in [-0.05, 0) is 0 Å². The maximum Gasteiger partial charge on any atom is 3.00 e. The van der Waals surface area contributed by atoms with Crippen molar-refractivity contribution in [3.05, 3.63) is 46.0 Å². The Balaban J connectivity index is -0.0000000412. The van der Waals surface area contributed by atoms with E-state index in [1.54, 1.807) is 7.11 Å². The second kappa shape index (κ2) is 29.5. The van der Waals surface area contributed by atoms with E-state index in [0.29, 0.717) is 6.61 Å². The van der Waals surface area contributed by atoms with Gasteiger partial charge < -0.3 is 55.8 Å². The minimum Gasteiger partial charge on any atom is -0.394 e. The molecule has 106 valence electrons. The second-order valence-corrected chi connectivity index (χ2v) is 1.39.